The monoisotopic (exact) mass is 285 g/mol. The molecule has 1 N–H and O–H groups in total. The zero-order valence-corrected chi connectivity index (χ0v) is 11.4. The Hall–Kier alpha value is -0.850. The molecule has 1 amide bonds. The van der Waals surface area contributed by atoms with Crippen LogP contribution in [0.3, 0.4) is 0 Å². The number of likely N-dealkylation sites (tertiary alicyclic amines) is 1. The van der Waals surface area contributed by atoms with Crippen LogP contribution in [-0.2, 0) is 4.79 Å². The predicted molar refractivity (Wildman–Crippen MR) is 61.1 cm³/mol. The van der Waals surface area contributed by atoms with Crippen molar-refractivity contribution in [3.63, 3.8) is 0 Å². The Balaban J connectivity index is 2.88. The molecule has 0 aromatic heterocycles. The van der Waals surface area contributed by atoms with E-state index in [1.807, 2.05) is 0 Å². The summed E-state index contributed by atoms with van der Waals surface area (Å²) in [7, 11) is 0. The van der Waals surface area contributed by atoms with Crippen LogP contribution in [-0.4, -0.2) is 47.0 Å². The zero-order chi connectivity index (χ0) is 15.2. The maximum absolute atomic E-state index is 13.8. The van der Waals surface area contributed by atoms with E-state index >= 15 is 0 Å². The van der Waals surface area contributed by atoms with Gasteiger partial charge in [0.25, 0.3) is 5.91 Å². The highest BCUT2D eigenvalue weighted by Gasteiger charge is 2.58. The van der Waals surface area contributed by atoms with Crippen molar-refractivity contribution in [2.24, 2.45) is 11.3 Å². The molecule has 19 heavy (non-hydrogen) atoms. The fraction of sp³-hybridized carbons (Fsp3) is 0.917. The van der Waals surface area contributed by atoms with Crippen molar-refractivity contribution in [3.05, 3.63) is 0 Å². The molecule has 0 aliphatic carbocycles. The Morgan fingerprint density at radius 2 is 1.63 bits per heavy atom. The number of rotatable bonds is 1. The van der Waals surface area contributed by atoms with Crippen LogP contribution in [0.2, 0.25) is 0 Å². The van der Waals surface area contributed by atoms with E-state index in [9.17, 15) is 27.5 Å². The first kappa shape index (κ1) is 16.2. The largest absolute Gasteiger partial charge is 0.426 e. The first-order valence-electron chi connectivity index (χ1n) is 6.01. The third-order valence-corrected chi connectivity index (χ3v) is 3.62. The van der Waals surface area contributed by atoms with Gasteiger partial charge in [-0.1, -0.05) is 20.8 Å². The maximum Gasteiger partial charge on any atom is 0.426 e. The van der Waals surface area contributed by atoms with Crippen molar-refractivity contribution in [2.45, 2.75) is 45.6 Å². The lowest BCUT2D eigenvalue weighted by molar-refractivity contribution is -0.249. The normalized spacial score (nSPS) is 28.4. The Kier molecular flexibility index (Phi) is 3.93. The van der Waals surface area contributed by atoms with Crippen molar-refractivity contribution < 1.29 is 27.5 Å². The summed E-state index contributed by atoms with van der Waals surface area (Å²) in [6.45, 7) is 5.16. The van der Waals surface area contributed by atoms with Gasteiger partial charge in [-0.15, -0.1) is 0 Å². The Morgan fingerprint density at radius 3 is 1.95 bits per heavy atom. The number of halogens is 4. The molecular weight excluding hydrogens is 266 g/mol. The lowest BCUT2D eigenvalue weighted by atomic mass is 9.79. The van der Waals surface area contributed by atoms with Gasteiger partial charge in [0.15, 0.2) is 0 Å². The maximum atomic E-state index is 13.8. The molecule has 7 heteroatoms. The van der Waals surface area contributed by atoms with E-state index in [0.29, 0.717) is 6.92 Å². The van der Waals surface area contributed by atoms with Crippen molar-refractivity contribution in [1.29, 1.82) is 0 Å². The van der Waals surface area contributed by atoms with Crippen LogP contribution in [0.4, 0.5) is 17.6 Å². The predicted octanol–water partition coefficient (Wildman–Crippen LogP) is 2.14. The summed E-state index contributed by atoms with van der Waals surface area (Å²) in [4.78, 5) is 12.5. The summed E-state index contributed by atoms with van der Waals surface area (Å²) in [6.07, 6.45) is -6.46. The van der Waals surface area contributed by atoms with E-state index in [4.69, 9.17) is 0 Å². The molecule has 1 fully saturated rings. The summed E-state index contributed by atoms with van der Waals surface area (Å²) in [5.41, 5.74) is -3.93. The second-order valence-corrected chi connectivity index (χ2v) is 6.27. The van der Waals surface area contributed by atoms with E-state index in [1.54, 1.807) is 20.8 Å². The van der Waals surface area contributed by atoms with E-state index < -0.39 is 41.7 Å². The molecule has 0 aromatic carbocycles. The third-order valence-electron chi connectivity index (χ3n) is 3.62. The summed E-state index contributed by atoms with van der Waals surface area (Å²) in [5.74, 6) is -2.03. The van der Waals surface area contributed by atoms with Crippen LogP contribution in [0, 0.1) is 11.3 Å². The Bertz CT molecular complexity index is 360. The van der Waals surface area contributed by atoms with Crippen LogP contribution in [0.5, 0.6) is 0 Å². The molecule has 1 aliphatic heterocycles. The van der Waals surface area contributed by atoms with Gasteiger partial charge in [-0.05, 0) is 12.3 Å². The number of carbonyl (C=O) groups is 1. The highest BCUT2D eigenvalue weighted by atomic mass is 19.4. The van der Waals surface area contributed by atoms with Gasteiger partial charge in [0.1, 0.15) is 6.17 Å². The average molecular weight is 285 g/mol. The van der Waals surface area contributed by atoms with Crippen LogP contribution >= 0.6 is 0 Å². The van der Waals surface area contributed by atoms with Gasteiger partial charge in [0, 0.05) is 12.5 Å². The van der Waals surface area contributed by atoms with Crippen molar-refractivity contribution in [2.75, 3.05) is 13.1 Å². The number of aliphatic hydroxyl groups is 1. The molecule has 0 aromatic rings. The smallest absolute Gasteiger partial charge is 0.373 e. The van der Waals surface area contributed by atoms with Gasteiger partial charge in [-0.25, -0.2) is 4.39 Å². The molecule has 112 valence electrons. The first-order valence-corrected chi connectivity index (χ1v) is 6.01. The standard InChI is InChI=1S/C12H19F4NO2/c1-10(2,3)7-5-17(6-8(7)13)9(18)11(4,19)12(14,15)16/h7-8,19H,5-6H2,1-4H3/t7-,8+,11-/m1/s1. The van der Waals surface area contributed by atoms with Crippen LogP contribution in [0.25, 0.3) is 0 Å². The van der Waals surface area contributed by atoms with Gasteiger partial charge in [0.2, 0.25) is 5.60 Å². The minimum Gasteiger partial charge on any atom is -0.373 e. The van der Waals surface area contributed by atoms with Crippen LogP contribution < -0.4 is 0 Å². The molecule has 3 nitrogen and oxygen atoms in total. The number of carbonyl (C=O) groups excluding carboxylic acids is 1. The average Bonchev–Trinajstić information content (AvgIpc) is 2.56. The van der Waals surface area contributed by atoms with Gasteiger partial charge in [0.05, 0.1) is 6.54 Å². The number of hydrogen-bond acceptors (Lipinski definition) is 2. The lowest BCUT2D eigenvalue weighted by Crippen LogP contribution is -2.55. The van der Waals surface area contributed by atoms with Crippen molar-refractivity contribution in [1.82, 2.24) is 4.90 Å². The molecule has 0 saturated carbocycles. The van der Waals surface area contributed by atoms with Gasteiger partial charge in [-0.2, -0.15) is 13.2 Å². The first-order chi connectivity index (χ1) is 8.28. The molecule has 0 unspecified atom stereocenters. The fourth-order valence-corrected chi connectivity index (χ4v) is 2.18. The van der Waals surface area contributed by atoms with E-state index in [2.05, 4.69) is 0 Å². The number of hydrogen-bond donors (Lipinski definition) is 1. The molecule has 1 aliphatic rings. The molecule has 1 rings (SSSR count). The summed E-state index contributed by atoms with van der Waals surface area (Å²) in [5, 5.41) is 9.32. The Morgan fingerprint density at radius 1 is 1.16 bits per heavy atom. The van der Waals surface area contributed by atoms with E-state index in [1.165, 1.54) is 0 Å². The minimum absolute atomic E-state index is 0.115. The van der Waals surface area contributed by atoms with Crippen molar-refractivity contribution in [3.8, 4) is 0 Å². The van der Waals surface area contributed by atoms with E-state index in [-0.39, 0.29) is 6.54 Å². The topological polar surface area (TPSA) is 40.5 Å². The van der Waals surface area contributed by atoms with Crippen LogP contribution in [0.1, 0.15) is 27.7 Å². The third kappa shape index (κ3) is 3.01. The highest BCUT2D eigenvalue weighted by molar-refractivity contribution is 5.85. The van der Waals surface area contributed by atoms with E-state index in [0.717, 1.165) is 4.90 Å². The summed E-state index contributed by atoms with van der Waals surface area (Å²) < 4.78 is 51.5. The summed E-state index contributed by atoms with van der Waals surface area (Å²) >= 11 is 0. The molecule has 3 atom stereocenters. The van der Waals surface area contributed by atoms with Gasteiger partial charge in [-0.3, -0.25) is 4.79 Å². The molecule has 0 radical (unpaired) electrons. The lowest BCUT2D eigenvalue weighted by Gasteiger charge is -2.31. The molecule has 1 heterocycles. The van der Waals surface area contributed by atoms with Crippen molar-refractivity contribution >= 4 is 5.91 Å². The minimum atomic E-state index is -5.07. The van der Waals surface area contributed by atoms with Gasteiger partial charge < -0.3 is 10.0 Å². The number of amides is 1. The molecule has 0 spiro atoms. The molecular formula is C12H19F4NO2. The second kappa shape index (κ2) is 4.61. The number of nitrogens with zero attached hydrogens (tertiary/aromatic N) is 1. The number of alkyl halides is 4. The summed E-state index contributed by atoms with van der Waals surface area (Å²) in [6, 6.07) is 0. The van der Waals surface area contributed by atoms with Crippen LogP contribution in [0.15, 0.2) is 0 Å². The molecule has 0 bridgehead atoms. The molecule has 1 saturated heterocycles. The Labute approximate surface area is 109 Å². The highest BCUT2D eigenvalue weighted by Crippen LogP contribution is 2.38. The zero-order valence-electron chi connectivity index (χ0n) is 11.4. The quantitative estimate of drug-likeness (QED) is 0.750. The SMILES string of the molecule is CC(C)(C)[C@@H]1CN(C(=O)[C@@](C)(O)C(F)(F)F)C[C@@H]1F. The van der Waals surface area contributed by atoms with Gasteiger partial charge >= 0.3 is 6.18 Å². The fourth-order valence-electron chi connectivity index (χ4n) is 2.18. The second-order valence-electron chi connectivity index (χ2n) is 6.27.